The lowest BCUT2D eigenvalue weighted by molar-refractivity contribution is -0.137. The van der Waals surface area contributed by atoms with Crippen LogP contribution < -0.4 is 4.90 Å². The van der Waals surface area contributed by atoms with E-state index in [4.69, 9.17) is 10.4 Å². The Hall–Kier alpha value is -2.43. The molecule has 0 aromatic heterocycles. The van der Waals surface area contributed by atoms with Crippen LogP contribution in [0.15, 0.2) is 18.2 Å². The Balaban J connectivity index is 2.22. The molecule has 1 aliphatic heterocycles. The van der Waals surface area contributed by atoms with E-state index in [0.717, 1.165) is 12.1 Å². The average molecular weight is 299 g/mol. The lowest BCUT2D eigenvalue weighted by Crippen LogP contribution is -2.48. The van der Waals surface area contributed by atoms with Crippen molar-refractivity contribution in [3.05, 3.63) is 29.3 Å². The van der Waals surface area contributed by atoms with Crippen molar-refractivity contribution in [1.29, 1.82) is 5.26 Å². The van der Waals surface area contributed by atoms with Crippen molar-refractivity contribution in [2.45, 2.75) is 6.18 Å². The van der Waals surface area contributed by atoms with Crippen molar-refractivity contribution in [2.75, 3.05) is 31.1 Å². The third-order valence-electron chi connectivity index (χ3n) is 3.34. The van der Waals surface area contributed by atoms with Crippen molar-refractivity contribution in [1.82, 2.24) is 4.90 Å². The number of benzene rings is 1. The number of piperazine rings is 1. The van der Waals surface area contributed by atoms with Gasteiger partial charge < -0.3 is 14.9 Å². The number of amides is 1. The smallest absolute Gasteiger partial charge is 0.416 e. The second kappa shape index (κ2) is 5.52. The standard InChI is InChI=1S/C13H12F3N3O2/c14-13(15,16)10-1-2-11(9(7-10)8-17)18-3-5-19(6-4-18)12(20)21/h1-2,7H,3-6H2,(H,20,21). The van der Waals surface area contributed by atoms with E-state index in [0.29, 0.717) is 18.8 Å². The zero-order valence-corrected chi connectivity index (χ0v) is 10.9. The molecule has 0 saturated carbocycles. The summed E-state index contributed by atoms with van der Waals surface area (Å²) in [5.74, 6) is 0. The van der Waals surface area contributed by atoms with E-state index in [2.05, 4.69) is 0 Å². The van der Waals surface area contributed by atoms with Gasteiger partial charge in [-0.25, -0.2) is 4.79 Å². The molecule has 112 valence electrons. The molecule has 1 N–H and O–H groups in total. The topological polar surface area (TPSA) is 67.6 Å². The number of hydrogen-bond acceptors (Lipinski definition) is 3. The van der Waals surface area contributed by atoms with E-state index < -0.39 is 17.8 Å². The Kier molecular flexibility index (Phi) is 3.93. The molecular weight excluding hydrogens is 287 g/mol. The highest BCUT2D eigenvalue weighted by atomic mass is 19.4. The minimum absolute atomic E-state index is 0.0615. The van der Waals surface area contributed by atoms with Gasteiger partial charge in [-0.15, -0.1) is 0 Å². The number of halogens is 3. The molecule has 1 heterocycles. The van der Waals surface area contributed by atoms with Gasteiger partial charge in [-0.1, -0.05) is 0 Å². The van der Waals surface area contributed by atoms with Crippen LogP contribution in [-0.4, -0.2) is 42.3 Å². The van der Waals surface area contributed by atoms with Gasteiger partial charge in [-0.3, -0.25) is 0 Å². The number of anilines is 1. The zero-order valence-electron chi connectivity index (χ0n) is 10.9. The first-order chi connectivity index (χ1) is 9.82. The average Bonchev–Trinajstić information content (AvgIpc) is 2.45. The van der Waals surface area contributed by atoms with Crippen LogP contribution in [0.4, 0.5) is 23.7 Å². The Morgan fingerprint density at radius 2 is 1.86 bits per heavy atom. The van der Waals surface area contributed by atoms with E-state index in [1.807, 2.05) is 0 Å². The summed E-state index contributed by atoms with van der Waals surface area (Å²) in [5.41, 5.74) is -0.531. The van der Waals surface area contributed by atoms with E-state index >= 15 is 0 Å². The number of carboxylic acid groups (broad SMARTS) is 1. The maximum Gasteiger partial charge on any atom is 0.416 e. The molecule has 1 saturated heterocycles. The summed E-state index contributed by atoms with van der Waals surface area (Å²) in [5, 5.41) is 17.9. The van der Waals surface area contributed by atoms with Gasteiger partial charge in [0.25, 0.3) is 0 Å². The lowest BCUT2D eigenvalue weighted by atomic mass is 10.1. The van der Waals surface area contributed by atoms with E-state index in [1.165, 1.54) is 11.0 Å². The monoisotopic (exact) mass is 299 g/mol. The largest absolute Gasteiger partial charge is 0.465 e. The van der Waals surface area contributed by atoms with Crippen LogP contribution >= 0.6 is 0 Å². The number of alkyl halides is 3. The number of nitriles is 1. The molecule has 2 rings (SSSR count). The van der Waals surface area contributed by atoms with Crippen molar-refractivity contribution in [3.63, 3.8) is 0 Å². The molecule has 1 aromatic carbocycles. The van der Waals surface area contributed by atoms with Crippen LogP contribution in [0, 0.1) is 11.3 Å². The molecule has 5 nitrogen and oxygen atoms in total. The van der Waals surface area contributed by atoms with Crippen LogP contribution in [0.2, 0.25) is 0 Å². The first-order valence-electron chi connectivity index (χ1n) is 6.17. The number of rotatable bonds is 1. The predicted octanol–water partition coefficient (Wildman–Crippen LogP) is 2.38. The fourth-order valence-electron chi connectivity index (χ4n) is 2.22. The van der Waals surface area contributed by atoms with Crippen molar-refractivity contribution in [2.24, 2.45) is 0 Å². The number of hydrogen-bond donors (Lipinski definition) is 1. The van der Waals surface area contributed by atoms with Crippen molar-refractivity contribution >= 4 is 11.8 Å². The van der Waals surface area contributed by atoms with Gasteiger partial charge in [-0.2, -0.15) is 18.4 Å². The summed E-state index contributed by atoms with van der Waals surface area (Å²) in [7, 11) is 0. The highest BCUT2D eigenvalue weighted by Crippen LogP contribution is 2.32. The number of carbonyl (C=O) groups is 1. The molecule has 0 bridgehead atoms. The molecule has 1 fully saturated rings. The second-order valence-corrected chi connectivity index (χ2v) is 4.60. The number of nitrogens with zero attached hydrogens (tertiary/aromatic N) is 3. The highest BCUT2D eigenvalue weighted by Gasteiger charge is 2.32. The summed E-state index contributed by atoms with van der Waals surface area (Å²) in [6.45, 7) is 1.18. The van der Waals surface area contributed by atoms with Crippen molar-refractivity contribution in [3.8, 4) is 6.07 Å². The molecule has 0 spiro atoms. The summed E-state index contributed by atoms with van der Waals surface area (Å²) in [6.07, 6.45) is -5.52. The van der Waals surface area contributed by atoms with Gasteiger partial charge in [0.2, 0.25) is 0 Å². The Morgan fingerprint density at radius 3 is 2.33 bits per heavy atom. The molecule has 0 unspecified atom stereocenters. The van der Waals surface area contributed by atoms with Crippen LogP contribution in [0.3, 0.4) is 0 Å². The van der Waals surface area contributed by atoms with Crippen LogP contribution in [0.25, 0.3) is 0 Å². The second-order valence-electron chi connectivity index (χ2n) is 4.60. The van der Waals surface area contributed by atoms with Gasteiger partial charge in [-0.05, 0) is 18.2 Å². The fraction of sp³-hybridized carbons (Fsp3) is 0.385. The minimum Gasteiger partial charge on any atom is -0.465 e. The van der Waals surface area contributed by atoms with E-state index in [1.54, 1.807) is 11.0 Å². The summed E-state index contributed by atoms with van der Waals surface area (Å²) >= 11 is 0. The van der Waals surface area contributed by atoms with Gasteiger partial charge in [0.1, 0.15) is 6.07 Å². The van der Waals surface area contributed by atoms with Crippen molar-refractivity contribution < 1.29 is 23.1 Å². The predicted molar refractivity (Wildman–Crippen MR) is 68.0 cm³/mol. The molecular formula is C13H12F3N3O2. The molecule has 0 radical (unpaired) electrons. The molecule has 0 atom stereocenters. The molecule has 0 aliphatic carbocycles. The van der Waals surface area contributed by atoms with Crippen LogP contribution in [0.1, 0.15) is 11.1 Å². The first-order valence-corrected chi connectivity index (χ1v) is 6.17. The zero-order chi connectivity index (χ0) is 15.6. The summed E-state index contributed by atoms with van der Waals surface area (Å²) in [6, 6.07) is 4.78. The maximum absolute atomic E-state index is 12.6. The molecule has 1 amide bonds. The Labute approximate surface area is 118 Å². The van der Waals surface area contributed by atoms with Gasteiger partial charge in [0.05, 0.1) is 16.8 Å². The Morgan fingerprint density at radius 1 is 1.24 bits per heavy atom. The van der Waals surface area contributed by atoms with Gasteiger partial charge >= 0.3 is 12.3 Å². The molecule has 1 aliphatic rings. The van der Waals surface area contributed by atoms with E-state index in [-0.39, 0.29) is 18.7 Å². The summed E-state index contributed by atoms with van der Waals surface area (Å²) < 4.78 is 37.9. The molecule has 8 heteroatoms. The molecule has 1 aromatic rings. The SMILES string of the molecule is N#Cc1cc(C(F)(F)F)ccc1N1CCN(C(=O)O)CC1. The normalized spacial score (nSPS) is 15.7. The highest BCUT2D eigenvalue weighted by molar-refractivity contribution is 5.66. The third-order valence-corrected chi connectivity index (χ3v) is 3.34. The Bertz CT molecular complexity index is 587. The summed E-state index contributed by atoms with van der Waals surface area (Å²) in [4.78, 5) is 13.8. The van der Waals surface area contributed by atoms with Gasteiger partial charge in [0.15, 0.2) is 0 Å². The third kappa shape index (κ3) is 3.18. The van der Waals surface area contributed by atoms with Crippen LogP contribution in [0.5, 0.6) is 0 Å². The maximum atomic E-state index is 12.6. The minimum atomic E-state index is -4.49. The van der Waals surface area contributed by atoms with E-state index in [9.17, 15) is 18.0 Å². The first kappa shape index (κ1) is 15.0. The van der Waals surface area contributed by atoms with Crippen LogP contribution in [-0.2, 0) is 6.18 Å². The van der Waals surface area contributed by atoms with Gasteiger partial charge in [0, 0.05) is 26.2 Å². The lowest BCUT2D eigenvalue weighted by Gasteiger charge is -2.35. The fourth-order valence-corrected chi connectivity index (χ4v) is 2.22. The molecule has 21 heavy (non-hydrogen) atoms. The quantitative estimate of drug-likeness (QED) is 0.864.